The SMILES string of the molecule is O=C(O)CCCC[C@@H]1SCC2NC(=O)NC21.O=C(O)CCCC[C@@H]1SC[C@@H]2NC(=O)N[C@@H]21. The van der Waals surface area contributed by atoms with Crippen molar-refractivity contribution in [3.63, 3.8) is 0 Å². The second-order valence-corrected chi connectivity index (χ2v) is 11.1. The number of aliphatic carboxylic acids is 2. The number of thioether (sulfide) groups is 2. The van der Waals surface area contributed by atoms with E-state index >= 15 is 0 Å². The lowest BCUT2D eigenvalue weighted by Crippen LogP contribution is -2.36. The van der Waals surface area contributed by atoms with Crippen LogP contribution >= 0.6 is 23.5 Å². The van der Waals surface area contributed by atoms with Crippen LogP contribution in [0.15, 0.2) is 0 Å². The summed E-state index contributed by atoms with van der Waals surface area (Å²) in [7, 11) is 0. The average Bonchev–Trinajstić information content (AvgIpc) is 3.45. The van der Waals surface area contributed by atoms with Gasteiger partial charge in [-0.3, -0.25) is 9.59 Å². The van der Waals surface area contributed by atoms with Crippen LogP contribution < -0.4 is 21.3 Å². The van der Waals surface area contributed by atoms with Crippen molar-refractivity contribution in [3.05, 3.63) is 0 Å². The molecular formula is C20H32N4O6S2. The molecule has 0 bridgehead atoms. The summed E-state index contributed by atoms with van der Waals surface area (Å²) in [6, 6.07) is 0.880. The fourth-order valence-corrected chi connectivity index (χ4v) is 7.62. The number of hydrogen-bond acceptors (Lipinski definition) is 6. The lowest BCUT2D eigenvalue weighted by atomic mass is 10.0. The first-order chi connectivity index (χ1) is 15.3. The summed E-state index contributed by atoms with van der Waals surface area (Å²) in [5.74, 6) is 0.473. The molecule has 4 fully saturated rings. The van der Waals surface area contributed by atoms with Crippen molar-refractivity contribution in [3.8, 4) is 0 Å². The Morgan fingerprint density at radius 1 is 0.719 bits per heavy atom. The van der Waals surface area contributed by atoms with E-state index in [4.69, 9.17) is 10.2 Å². The molecule has 4 aliphatic rings. The van der Waals surface area contributed by atoms with Crippen LogP contribution in [0.2, 0.25) is 0 Å². The van der Waals surface area contributed by atoms with E-state index in [1.807, 2.05) is 23.5 Å². The lowest BCUT2D eigenvalue weighted by molar-refractivity contribution is -0.138. The number of carboxylic acid groups (broad SMARTS) is 2. The van der Waals surface area contributed by atoms with Gasteiger partial charge >= 0.3 is 24.0 Å². The number of urea groups is 2. The first-order valence-electron chi connectivity index (χ1n) is 11.1. The van der Waals surface area contributed by atoms with Crippen LogP contribution in [0.5, 0.6) is 0 Å². The lowest BCUT2D eigenvalue weighted by Gasteiger charge is -2.16. The Kier molecular flexibility index (Phi) is 9.21. The van der Waals surface area contributed by atoms with Gasteiger partial charge < -0.3 is 31.5 Å². The molecule has 4 heterocycles. The van der Waals surface area contributed by atoms with E-state index in [1.165, 1.54) is 0 Å². The summed E-state index contributed by atoms with van der Waals surface area (Å²) in [5, 5.41) is 29.6. The number of carbonyl (C=O) groups is 4. The Morgan fingerprint density at radius 3 is 1.50 bits per heavy atom. The van der Waals surface area contributed by atoms with Crippen LogP contribution in [0.4, 0.5) is 9.59 Å². The highest BCUT2D eigenvalue weighted by Crippen LogP contribution is 2.34. The molecule has 4 amide bonds. The number of fused-ring (bicyclic) bond motifs is 2. The molecule has 0 aromatic heterocycles. The molecule has 4 aliphatic heterocycles. The summed E-state index contributed by atoms with van der Waals surface area (Å²) < 4.78 is 0. The largest absolute Gasteiger partial charge is 0.481 e. The van der Waals surface area contributed by atoms with Crippen molar-refractivity contribution in [2.24, 2.45) is 0 Å². The summed E-state index contributed by atoms with van der Waals surface area (Å²) in [6.07, 6.45) is 5.76. The van der Waals surface area contributed by atoms with Gasteiger partial charge in [-0.2, -0.15) is 23.5 Å². The van der Waals surface area contributed by atoms with Crippen LogP contribution in [-0.4, -0.2) is 80.4 Å². The van der Waals surface area contributed by atoms with Gasteiger partial charge in [0.25, 0.3) is 0 Å². The maximum Gasteiger partial charge on any atom is 0.315 e. The molecule has 0 saturated carbocycles. The van der Waals surface area contributed by atoms with E-state index in [0.29, 0.717) is 10.5 Å². The Hall–Kier alpha value is -1.82. The van der Waals surface area contributed by atoms with E-state index in [9.17, 15) is 19.2 Å². The van der Waals surface area contributed by atoms with Crippen LogP contribution in [0.3, 0.4) is 0 Å². The number of amides is 4. The van der Waals surface area contributed by atoms with E-state index in [1.54, 1.807) is 0 Å². The van der Waals surface area contributed by atoms with Gasteiger partial charge in [0.15, 0.2) is 0 Å². The zero-order chi connectivity index (χ0) is 23.1. The molecule has 0 aliphatic carbocycles. The third kappa shape index (κ3) is 7.09. The normalized spacial score (nSPS) is 32.0. The van der Waals surface area contributed by atoms with Gasteiger partial charge in [0.05, 0.1) is 24.2 Å². The Balaban J connectivity index is 0.000000181. The standard InChI is InChI=1S/2C10H16N2O3S/c2*13-8(14)4-2-1-3-7-9-6(5-16-7)11-10(15)12-9/h2*6-7,9H,1-5H2,(H,13,14)(H2,11,12,15)/t6?,7-,9?;6-,7-,9-/m00/s1. The molecule has 2 unspecified atom stereocenters. The number of carbonyl (C=O) groups excluding carboxylic acids is 2. The highest BCUT2D eigenvalue weighted by molar-refractivity contribution is 8.00. The maximum atomic E-state index is 11.1. The van der Waals surface area contributed by atoms with Crippen LogP contribution in [0.1, 0.15) is 51.4 Å². The molecule has 0 aromatic rings. The predicted molar refractivity (Wildman–Crippen MR) is 123 cm³/mol. The smallest absolute Gasteiger partial charge is 0.315 e. The molecule has 32 heavy (non-hydrogen) atoms. The second kappa shape index (κ2) is 11.9. The third-order valence-electron chi connectivity index (χ3n) is 6.13. The number of nitrogens with one attached hydrogen (secondary N) is 4. The van der Waals surface area contributed by atoms with Crippen LogP contribution in [0, 0.1) is 0 Å². The van der Waals surface area contributed by atoms with Crippen molar-refractivity contribution in [1.29, 1.82) is 0 Å². The fourth-order valence-electron chi connectivity index (χ4n) is 4.53. The minimum atomic E-state index is -0.729. The molecular weight excluding hydrogens is 456 g/mol. The summed E-state index contributed by atoms with van der Waals surface area (Å²) in [5.41, 5.74) is 0. The number of rotatable bonds is 10. The van der Waals surface area contributed by atoms with Crippen molar-refractivity contribution < 1.29 is 29.4 Å². The van der Waals surface area contributed by atoms with Crippen LogP contribution in [0.25, 0.3) is 0 Å². The maximum absolute atomic E-state index is 11.1. The molecule has 6 N–H and O–H groups in total. The van der Waals surface area contributed by atoms with Gasteiger partial charge in [0.2, 0.25) is 0 Å². The van der Waals surface area contributed by atoms with Gasteiger partial charge in [-0.15, -0.1) is 0 Å². The Labute approximate surface area is 195 Å². The first kappa shape index (κ1) is 24.8. The molecule has 0 spiro atoms. The fraction of sp³-hybridized carbons (Fsp3) is 0.800. The predicted octanol–water partition coefficient (Wildman–Crippen LogP) is 1.59. The van der Waals surface area contributed by atoms with Gasteiger partial charge in [-0.25, -0.2) is 9.59 Å². The van der Waals surface area contributed by atoms with Crippen molar-refractivity contribution in [1.82, 2.24) is 21.3 Å². The summed E-state index contributed by atoms with van der Waals surface area (Å²) >= 11 is 3.74. The minimum Gasteiger partial charge on any atom is -0.481 e. The van der Waals surface area contributed by atoms with E-state index < -0.39 is 11.9 Å². The van der Waals surface area contributed by atoms with Crippen molar-refractivity contribution in [2.75, 3.05) is 11.5 Å². The molecule has 0 radical (unpaired) electrons. The van der Waals surface area contributed by atoms with Crippen LogP contribution in [-0.2, 0) is 9.59 Å². The Bertz CT molecular complexity index is 654. The van der Waals surface area contributed by atoms with Crippen molar-refractivity contribution in [2.45, 2.75) is 86.0 Å². The number of carboxylic acids is 2. The quantitative estimate of drug-likeness (QED) is 0.200. The topological polar surface area (TPSA) is 157 Å². The average molecular weight is 489 g/mol. The van der Waals surface area contributed by atoms with E-state index in [-0.39, 0.29) is 49.1 Å². The third-order valence-corrected chi connectivity index (χ3v) is 9.15. The summed E-state index contributed by atoms with van der Waals surface area (Å²) in [6.45, 7) is 0. The number of hydrogen-bond donors (Lipinski definition) is 6. The minimum absolute atomic E-state index is 0.0640. The van der Waals surface area contributed by atoms with Crippen molar-refractivity contribution >= 4 is 47.5 Å². The molecule has 180 valence electrons. The molecule has 12 heteroatoms. The van der Waals surface area contributed by atoms with Gasteiger partial charge in [-0.1, -0.05) is 12.8 Å². The monoisotopic (exact) mass is 488 g/mol. The van der Waals surface area contributed by atoms with E-state index in [0.717, 1.165) is 50.0 Å². The highest BCUT2D eigenvalue weighted by atomic mass is 32.2. The number of unbranched alkanes of at least 4 members (excludes halogenated alkanes) is 2. The first-order valence-corrected chi connectivity index (χ1v) is 13.2. The summed E-state index contributed by atoms with van der Waals surface area (Å²) in [4.78, 5) is 42.9. The van der Waals surface area contributed by atoms with Gasteiger partial charge in [0.1, 0.15) is 0 Å². The molecule has 10 nitrogen and oxygen atoms in total. The molecule has 4 saturated heterocycles. The van der Waals surface area contributed by atoms with Gasteiger partial charge in [-0.05, 0) is 25.7 Å². The van der Waals surface area contributed by atoms with E-state index in [2.05, 4.69) is 21.3 Å². The highest BCUT2D eigenvalue weighted by Gasteiger charge is 2.43. The Morgan fingerprint density at radius 2 is 1.12 bits per heavy atom. The molecule has 6 atom stereocenters. The second-order valence-electron chi connectivity index (χ2n) is 8.52. The van der Waals surface area contributed by atoms with Gasteiger partial charge in [0, 0.05) is 34.8 Å². The zero-order valence-electron chi connectivity index (χ0n) is 17.9. The zero-order valence-corrected chi connectivity index (χ0v) is 19.5. The molecule has 4 rings (SSSR count). The molecule has 0 aromatic carbocycles.